The van der Waals surface area contributed by atoms with Crippen molar-refractivity contribution in [2.45, 2.75) is 58.8 Å². The number of nitrogens with one attached hydrogen (secondary N) is 2. The molecule has 0 aliphatic carbocycles. The first-order valence-corrected chi connectivity index (χ1v) is 15.9. The Kier molecular flexibility index (Phi) is 12.1. The summed E-state index contributed by atoms with van der Waals surface area (Å²) in [5.74, 6) is 0.291. The molecular formula is C35H42N4O4S. The fraction of sp³-hybridized carbons (Fsp3) is 0.343. The van der Waals surface area contributed by atoms with E-state index >= 15 is 0 Å². The molecular weight excluding hydrogens is 572 g/mol. The predicted octanol–water partition coefficient (Wildman–Crippen LogP) is 5.18. The van der Waals surface area contributed by atoms with Gasteiger partial charge in [0, 0.05) is 41.8 Å². The van der Waals surface area contributed by atoms with Gasteiger partial charge < -0.3 is 25.4 Å². The van der Waals surface area contributed by atoms with Crippen LogP contribution in [0.25, 0.3) is 0 Å². The van der Waals surface area contributed by atoms with Gasteiger partial charge in [0.1, 0.15) is 10.8 Å². The lowest BCUT2D eigenvalue weighted by Gasteiger charge is -2.25. The molecule has 0 unspecified atom stereocenters. The maximum absolute atomic E-state index is 13.7. The number of aryl methyl sites for hydroxylation is 2. The van der Waals surface area contributed by atoms with Crippen molar-refractivity contribution in [3.8, 4) is 5.75 Å². The van der Waals surface area contributed by atoms with Crippen molar-refractivity contribution in [3.63, 3.8) is 0 Å². The molecule has 44 heavy (non-hydrogen) atoms. The van der Waals surface area contributed by atoms with Crippen LogP contribution in [0.1, 0.15) is 62.0 Å². The molecule has 232 valence electrons. The minimum absolute atomic E-state index is 0.146. The number of nitrogens with zero attached hydrogens (tertiary/aromatic N) is 2. The van der Waals surface area contributed by atoms with E-state index in [9.17, 15) is 14.7 Å². The number of methoxy groups -OCH3 is 1. The monoisotopic (exact) mass is 614 g/mol. The summed E-state index contributed by atoms with van der Waals surface area (Å²) < 4.78 is 5.31. The average Bonchev–Trinajstić information content (AvgIpc) is 3.47. The first-order chi connectivity index (χ1) is 21.3. The Morgan fingerprint density at radius 2 is 1.73 bits per heavy atom. The van der Waals surface area contributed by atoms with E-state index in [-0.39, 0.29) is 18.4 Å². The number of aliphatic hydroxyl groups is 1. The van der Waals surface area contributed by atoms with Crippen LogP contribution >= 0.6 is 11.3 Å². The lowest BCUT2D eigenvalue weighted by Crippen LogP contribution is -2.48. The fourth-order valence-corrected chi connectivity index (χ4v) is 5.78. The third-order valence-electron chi connectivity index (χ3n) is 7.47. The normalized spacial score (nSPS) is 12.4. The number of benzene rings is 3. The highest BCUT2D eigenvalue weighted by Gasteiger charge is 2.24. The molecule has 2 amide bonds. The van der Waals surface area contributed by atoms with Gasteiger partial charge in [0.15, 0.2) is 0 Å². The maximum atomic E-state index is 13.7. The molecule has 0 fully saturated rings. The highest BCUT2D eigenvalue weighted by molar-refractivity contribution is 7.09. The first-order valence-electron chi connectivity index (χ1n) is 15.0. The van der Waals surface area contributed by atoms with Crippen LogP contribution in [0.5, 0.6) is 5.75 Å². The molecule has 0 saturated carbocycles. The number of ether oxygens (including phenoxy) is 1. The van der Waals surface area contributed by atoms with E-state index < -0.39 is 12.1 Å². The van der Waals surface area contributed by atoms with E-state index in [1.54, 1.807) is 18.1 Å². The summed E-state index contributed by atoms with van der Waals surface area (Å²) in [6.45, 7) is 7.62. The molecule has 2 atom stereocenters. The second kappa shape index (κ2) is 16.1. The molecule has 4 rings (SSSR count). The number of aliphatic hydroxyl groups excluding tert-OH is 1. The number of aromatic nitrogens is 1. The number of thiazole rings is 1. The van der Waals surface area contributed by atoms with Gasteiger partial charge in [-0.3, -0.25) is 9.59 Å². The van der Waals surface area contributed by atoms with Gasteiger partial charge in [-0.2, -0.15) is 0 Å². The summed E-state index contributed by atoms with van der Waals surface area (Å²) in [5.41, 5.74) is 4.71. The average molecular weight is 615 g/mol. The van der Waals surface area contributed by atoms with Crippen LogP contribution in [0, 0.1) is 6.92 Å². The SMILES string of the molecule is CCc1cc(C(=O)N[C@@H](Cc2ccccc2)[C@H](O)CNCc2cccc(OC)c2)cc(C(=O)N(CC)Cc2nc(C)cs2)c1. The van der Waals surface area contributed by atoms with Gasteiger partial charge in [-0.15, -0.1) is 11.3 Å². The Balaban J connectivity index is 1.50. The zero-order chi connectivity index (χ0) is 31.5. The Labute approximate surface area is 264 Å². The van der Waals surface area contributed by atoms with Crippen molar-refractivity contribution >= 4 is 23.2 Å². The zero-order valence-electron chi connectivity index (χ0n) is 25.9. The Morgan fingerprint density at radius 1 is 0.977 bits per heavy atom. The van der Waals surface area contributed by atoms with Gasteiger partial charge in [0.05, 0.1) is 25.8 Å². The molecule has 0 bridgehead atoms. The second-order valence-corrected chi connectivity index (χ2v) is 11.7. The molecule has 1 aromatic heterocycles. The Morgan fingerprint density at radius 3 is 2.41 bits per heavy atom. The van der Waals surface area contributed by atoms with Crippen molar-refractivity contribution in [1.82, 2.24) is 20.5 Å². The summed E-state index contributed by atoms with van der Waals surface area (Å²) >= 11 is 1.53. The van der Waals surface area contributed by atoms with Gasteiger partial charge in [0.2, 0.25) is 0 Å². The van der Waals surface area contributed by atoms with Crippen LogP contribution in [-0.2, 0) is 25.9 Å². The molecule has 0 saturated heterocycles. The molecule has 1 heterocycles. The highest BCUT2D eigenvalue weighted by Crippen LogP contribution is 2.18. The fourth-order valence-electron chi connectivity index (χ4n) is 4.99. The number of hydrogen-bond acceptors (Lipinski definition) is 7. The van der Waals surface area contributed by atoms with E-state index in [1.807, 2.05) is 92.9 Å². The van der Waals surface area contributed by atoms with Gasteiger partial charge in [-0.05, 0) is 73.7 Å². The number of amides is 2. The van der Waals surface area contributed by atoms with Gasteiger partial charge in [0.25, 0.3) is 11.8 Å². The van der Waals surface area contributed by atoms with Crippen molar-refractivity contribution in [2.75, 3.05) is 20.2 Å². The summed E-state index contributed by atoms with van der Waals surface area (Å²) in [6.07, 6.45) is 0.256. The Hall–Kier alpha value is -4.05. The van der Waals surface area contributed by atoms with Crippen molar-refractivity contribution in [3.05, 3.63) is 117 Å². The number of hydrogen-bond donors (Lipinski definition) is 3. The number of carbonyl (C=O) groups is 2. The molecule has 8 nitrogen and oxygen atoms in total. The maximum Gasteiger partial charge on any atom is 0.254 e. The third kappa shape index (κ3) is 9.22. The third-order valence-corrected chi connectivity index (χ3v) is 8.42. The summed E-state index contributed by atoms with van der Waals surface area (Å²) in [5, 5.41) is 20.5. The smallest absolute Gasteiger partial charge is 0.254 e. The van der Waals surface area contributed by atoms with E-state index in [0.717, 1.165) is 33.1 Å². The lowest BCUT2D eigenvalue weighted by molar-refractivity contribution is 0.0752. The van der Waals surface area contributed by atoms with Gasteiger partial charge >= 0.3 is 0 Å². The first kappa shape index (κ1) is 32.9. The largest absolute Gasteiger partial charge is 0.497 e. The molecule has 0 spiro atoms. The van der Waals surface area contributed by atoms with Crippen molar-refractivity contribution in [1.29, 1.82) is 0 Å². The van der Waals surface area contributed by atoms with Crippen LogP contribution in [0.4, 0.5) is 0 Å². The summed E-state index contributed by atoms with van der Waals surface area (Å²) in [4.78, 5) is 33.5. The van der Waals surface area contributed by atoms with E-state index in [1.165, 1.54) is 11.3 Å². The van der Waals surface area contributed by atoms with Crippen LogP contribution in [0.15, 0.2) is 78.2 Å². The van der Waals surface area contributed by atoms with Crippen LogP contribution < -0.4 is 15.4 Å². The van der Waals surface area contributed by atoms with E-state index in [2.05, 4.69) is 15.6 Å². The van der Waals surface area contributed by atoms with Crippen LogP contribution in [0.3, 0.4) is 0 Å². The molecule has 9 heteroatoms. The Bertz CT molecular complexity index is 1520. The minimum Gasteiger partial charge on any atom is -0.497 e. The minimum atomic E-state index is -0.863. The topological polar surface area (TPSA) is 104 Å². The molecule has 4 aromatic rings. The van der Waals surface area contributed by atoms with Crippen molar-refractivity contribution in [2.24, 2.45) is 0 Å². The predicted molar refractivity (Wildman–Crippen MR) is 175 cm³/mol. The quantitative estimate of drug-likeness (QED) is 0.171. The highest BCUT2D eigenvalue weighted by atomic mass is 32.1. The standard InChI is InChI=1S/C35H42N4O4S/c1-5-25-15-28(19-29(16-25)35(42)39(6-2)22-33-37-24(3)23-44-33)34(41)38-31(18-26-11-8-7-9-12-26)32(40)21-36-20-27-13-10-14-30(17-27)43-4/h7-17,19,23,31-32,36,40H,5-6,18,20-22H2,1-4H3,(H,38,41)/t31-,32+/m0/s1. The van der Waals surface area contributed by atoms with Crippen LogP contribution in [-0.4, -0.2) is 59.1 Å². The molecule has 0 radical (unpaired) electrons. The summed E-state index contributed by atoms with van der Waals surface area (Å²) in [7, 11) is 1.63. The zero-order valence-corrected chi connectivity index (χ0v) is 26.7. The molecule has 0 aliphatic rings. The van der Waals surface area contributed by atoms with E-state index in [0.29, 0.717) is 43.6 Å². The summed E-state index contributed by atoms with van der Waals surface area (Å²) in [6, 6.07) is 22.3. The van der Waals surface area contributed by atoms with Crippen LogP contribution in [0.2, 0.25) is 0 Å². The molecule has 0 aliphatic heterocycles. The number of carbonyl (C=O) groups excluding carboxylic acids is 2. The van der Waals surface area contributed by atoms with Gasteiger partial charge in [-0.1, -0.05) is 49.4 Å². The second-order valence-electron chi connectivity index (χ2n) is 10.8. The molecule has 3 N–H and O–H groups in total. The van der Waals surface area contributed by atoms with Crippen molar-refractivity contribution < 1.29 is 19.4 Å². The lowest BCUT2D eigenvalue weighted by atomic mass is 9.99. The number of rotatable bonds is 15. The van der Waals surface area contributed by atoms with E-state index in [4.69, 9.17) is 4.74 Å². The van der Waals surface area contributed by atoms with Gasteiger partial charge in [-0.25, -0.2) is 4.98 Å². The molecule has 3 aromatic carbocycles.